The zero-order valence-corrected chi connectivity index (χ0v) is 27.3. The second kappa shape index (κ2) is 12.8. The van der Waals surface area contributed by atoms with E-state index in [1.807, 2.05) is 0 Å². The van der Waals surface area contributed by atoms with E-state index in [0.29, 0.717) is 0 Å². The fourth-order valence-electron chi connectivity index (χ4n) is 11.6. The van der Waals surface area contributed by atoms with Crippen molar-refractivity contribution in [3.05, 3.63) is 32.6 Å². The summed E-state index contributed by atoms with van der Waals surface area (Å²) in [5.74, 6) is 4.13. The summed E-state index contributed by atoms with van der Waals surface area (Å²) in [5, 5.41) is 6.41. The monoisotopic (exact) mass is 542 g/mol. The van der Waals surface area contributed by atoms with Crippen LogP contribution >= 0.6 is 0 Å². The van der Waals surface area contributed by atoms with Crippen LogP contribution in [0.3, 0.4) is 0 Å². The molecule has 39 heavy (non-hydrogen) atoms. The normalized spacial score (nSPS) is 35.4. The molecule has 0 aromatic carbocycles. The van der Waals surface area contributed by atoms with Crippen LogP contribution in [0, 0.1) is 0 Å². The summed E-state index contributed by atoms with van der Waals surface area (Å²) in [5.41, 5.74) is 4.17. The van der Waals surface area contributed by atoms with Crippen molar-refractivity contribution in [1.82, 2.24) is 0 Å². The molecule has 214 valence electrons. The second-order valence-corrected chi connectivity index (χ2v) is 19.1. The maximum Gasteiger partial charge on any atom is 0.181 e. The summed E-state index contributed by atoms with van der Waals surface area (Å²) in [6, 6.07) is 1.60. The van der Waals surface area contributed by atoms with Crippen molar-refractivity contribution in [2.75, 3.05) is 0 Å². The fraction of sp³-hybridized carbons (Fsp3) is 0.833. The van der Waals surface area contributed by atoms with Gasteiger partial charge in [0.2, 0.25) is 0 Å². The van der Waals surface area contributed by atoms with E-state index in [0.717, 1.165) is 36.7 Å². The van der Waals surface area contributed by atoms with Crippen LogP contribution in [0.25, 0.3) is 0 Å². The number of allylic oxidation sites excluding steroid dienone is 6. The van der Waals surface area contributed by atoms with Crippen molar-refractivity contribution in [2.45, 2.75) is 191 Å². The Kier molecular flexibility index (Phi) is 9.43. The van der Waals surface area contributed by atoms with Crippen LogP contribution in [-0.2, 0) is 0 Å². The summed E-state index contributed by atoms with van der Waals surface area (Å²) >= 11 is 0. The zero-order valence-electron chi connectivity index (χ0n) is 26.3. The lowest BCUT2D eigenvalue weighted by atomic mass is 9.24. The Morgan fingerprint density at radius 1 is 0.641 bits per heavy atom. The quantitative estimate of drug-likeness (QED) is 0.180. The highest BCUT2D eigenvalue weighted by atomic mass is 28.3. The lowest BCUT2D eigenvalue weighted by Gasteiger charge is -2.54. The van der Waals surface area contributed by atoms with E-state index in [-0.39, 0.29) is 0 Å². The Labute approximate surface area is 244 Å². The van der Waals surface area contributed by atoms with Gasteiger partial charge < -0.3 is 0 Å². The Morgan fingerprint density at radius 3 is 1.64 bits per heavy atom. The van der Waals surface area contributed by atoms with Gasteiger partial charge in [0.25, 0.3) is 0 Å². The van der Waals surface area contributed by atoms with Gasteiger partial charge in [-0.15, -0.1) is 5.47 Å². The standard InChI is InChI=1S/C36H60B2Si/c1-4-7-10-25-35-36(38-30-19-13-20-31(38)22-14-21-30)34(24-9-6-3)39(35)27-26-32(33(39)23-8-5-2)37-28-15-11-16-29(37)18-12-17-28/h25,28-31H,4-24,26-27H2,1-3H3/b35-25-. The minimum absolute atomic E-state index is 0.955. The van der Waals surface area contributed by atoms with E-state index in [9.17, 15) is 0 Å². The van der Waals surface area contributed by atoms with Gasteiger partial charge in [0.05, 0.1) is 0 Å². The Hall–Kier alpha value is -0.433. The molecule has 0 aliphatic carbocycles. The van der Waals surface area contributed by atoms with Gasteiger partial charge in [0.15, 0.2) is 13.4 Å². The maximum absolute atomic E-state index is 2.93. The molecule has 6 aliphatic heterocycles. The SMILES string of the molecule is CCCC/C=C1/C(B2C3CCCC2CCC3)=C(CCCC)[Si]12CCC(B1C3CCCC1CCC3)=C2CCCC. The van der Waals surface area contributed by atoms with Crippen LogP contribution in [0.1, 0.15) is 162 Å². The molecule has 4 saturated heterocycles. The van der Waals surface area contributed by atoms with Crippen molar-refractivity contribution in [3.8, 4) is 0 Å². The summed E-state index contributed by atoms with van der Waals surface area (Å²) in [7, 11) is -1.66. The van der Waals surface area contributed by atoms with Crippen LogP contribution in [0.15, 0.2) is 32.6 Å². The van der Waals surface area contributed by atoms with Gasteiger partial charge in [0.1, 0.15) is 8.07 Å². The third kappa shape index (κ3) is 5.10. The smallest absolute Gasteiger partial charge is 0.105 e. The topological polar surface area (TPSA) is 0 Å². The first-order valence-electron chi connectivity index (χ1n) is 18.4. The molecular weight excluding hydrogens is 482 g/mol. The zero-order chi connectivity index (χ0) is 26.8. The molecule has 0 N–H and O–H groups in total. The predicted molar refractivity (Wildman–Crippen MR) is 178 cm³/mol. The molecule has 4 bridgehead atoms. The summed E-state index contributed by atoms with van der Waals surface area (Å²) in [4.78, 5) is 0. The van der Waals surface area contributed by atoms with E-state index >= 15 is 0 Å². The average Bonchev–Trinajstić information content (AvgIpc) is 3.33. The van der Waals surface area contributed by atoms with Crippen LogP contribution in [-0.4, -0.2) is 21.5 Å². The van der Waals surface area contributed by atoms with Gasteiger partial charge in [-0.25, -0.2) is 0 Å². The highest BCUT2D eigenvalue weighted by molar-refractivity contribution is 7.07. The highest BCUT2D eigenvalue weighted by Crippen LogP contribution is 2.64. The molecule has 1 spiro atoms. The number of unbranched alkanes of at least 4 members (excludes halogenated alkanes) is 4. The molecule has 6 rings (SSSR count). The van der Waals surface area contributed by atoms with E-state index in [1.54, 1.807) is 31.7 Å². The molecule has 4 fully saturated rings. The molecule has 0 amide bonds. The molecule has 0 aromatic rings. The number of fused-ring (bicyclic) bond motifs is 4. The lowest BCUT2D eigenvalue weighted by Crippen LogP contribution is -2.55. The van der Waals surface area contributed by atoms with E-state index in [2.05, 4.69) is 53.4 Å². The van der Waals surface area contributed by atoms with Gasteiger partial charge in [0, 0.05) is 0 Å². The molecule has 6 heterocycles. The van der Waals surface area contributed by atoms with Crippen molar-refractivity contribution in [2.24, 2.45) is 0 Å². The number of hydrogen-bond donors (Lipinski definition) is 0. The molecular formula is C36H60B2Si. The third-order valence-corrected chi connectivity index (χ3v) is 18.6. The van der Waals surface area contributed by atoms with Gasteiger partial charge in [-0.2, -0.15) is 0 Å². The molecule has 1 unspecified atom stereocenters. The predicted octanol–water partition coefficient (Wildman–Crippen LogP) is 11.8. The summed E-state index contributed by atoms with van der Waals surface area (Å²) in [6.45, 7) is 9.27. The van der Waals surface area contributed by atoms with E-state index in [4.69, 9.17) is 0 Å². The minimum atomic E-state index is -1.66. The average molecular weight is 543 g/mol. The van der Waals surface area contributed by atoms with Gasteiger partial charge in [-0.3, -0.25) is 0 Å². The van der Waals surface area contributed by atoms with Gasteiger partial charge in [-0.05, 0) is 31.7 Å². The van der Waals surface area contributed by atoms with Crippen molar-refractivity contribution in [3.63, 3.8) is 0 Å². The van der Waals surface area contributed by atoms with E-state index in [1.165, 1.54) is 116 Å². The van der Waals surface area contributed by atoms with Crippen LogP contribution in [0.4, 0.5) is 0 Å². The van der Waals surface area contributed by atoms with Crippen LogP contribution in [0.2, 0.25) is 29.3 Å². The molecule has 6 aliphatic rings. The molecule has 0 nitrogen and oxygen atoms in total. The highest BCUT2D eigenvalue weighted by Gasteiger charge is 2.60. The first kappa shape index (κ1) is 28.7. The number of rotatable bonds is 11. The molecule has 0 radical (unpaired) electrons. The first-order valence-corrected chi connectivity index (χ1v) is 20.6. The van der Waals surface area contributed by atoms with Crippen LogP contribution in [0.5, 0.6) is 0 Å². The summed E-state index contributed by atoms with van der Waals surface area (Å²) < 4.78 is 0. The van der Waals surface area contributed by atoms with Crippen LogP contribution < -0.4 is 0 Å². The molecule has 0 saturated carbocycles. The Morgan fingerprint density at radius 2 is 1.13 bits per heavy atom. The minimum Gasteiger partial charge on any atom is -0.105 e. The number of hydrogen-bond acceptors (Lipinski definition) is 0. The van der Waals surface area contributed by atoms with Crippen molar-refractivity contribution in [1.29, 1.82) is 0 Å². The Balaban J connectivity index is 1.48. The molecule has 1 atom stereocenters. The lowest BCUT2D eigenvalue weighted by molar-refractivity contribution is 0.445. The maximum atomic E-state index is 2.93. The third-order valence-electron chi connectivity index (χ3n) is 13.1. The molecule has 3 heteroatoms. The second-order valence-electron chi connectivity index (χ2n) is 15.1. The first-order chi connectivity index (χ1) is 19.2. The summed E-state index contributed by atoms with van der Waals surface area (Å²) in [6.07, 6.45) is 35.6. The van der Waals surface area contributed by atoms with Crippen molar-refractivity contribution < 1.29 is 0 Å². The molecule has 0 aromatic heterocycles. The Bertz CT molecular complexity index is 917. The fourth-order valence-corrected chi connectivity index (χ4v) is 18.0. The van der Waals surface area contributed by atoms with E-state index < -0.39 is 8.07 Å². The largest absolute Gasteiger partial charge is 0.181 e. The van der Waals surface area contributed by atoms with Crippen molar-refractivity contribution >= 4 is 21.5 Å². The van der Waals surface area contributed by atoms with Gasteiger partial charge in [-0.1, -0.05) is 187 Å². The van der Waals surface area contributed by atoms with Gasteiger partial charge >= 0.3 is 0 Å².